The van der Waals surface area contributed by atoms with Crippen molar-refractivity contribution in [2.45, 2.75) is 18.1 Å². The Morgan fingerprint density at radius 2 is 2.29 bits per heavy atom. The molecule has 1 saturated heterocycles. The van der Waals surface area contributed by atoms with E-state index in [0.29, 0.717) is 18.7 Å². The standard InChI is InChI=1S/C9H15N3O3S2/c13-7-8-6-10-11-9(8)17(14,15)12-2-1-4-16-5-3-12/h6,13H,1-5,7H2,(H,10,11). The van der Waals surface area contributed by atoms with Crippen molar-refractivity contribution >= 4 is 21.8 Å². The first-order valence-electron chi connectivity index (χ1n) is 5.37. The van der Waals surface area contributed by atoms with Crippen LogP contribution in [-0.4, -0.2) is 52.6 Å². The Morgan fingerprint density at radius 1 is 1.47 bits per heavy atom. The average Bonchev–Trinajstić information content (AvgIpc) is 2.63. The van der Waals surface area contributed by atoms with Gasteiger partial charge in [0.1, 0.15) is 0 Å². The SMILES string of the molecule is O=S(=O)(c1[nH]ncc1CO)N1CCCSCC1. The summed E-state index contributed by atoms with van der Waals surface area (Å²) in [6, 6.07) is 0. The van der Waals surface area contributed by atoms with Crippen LogP contribution in [0, 0.1) is 0 Å². The molecule has 2 rings (SSSR count). The maximum Gasteiger partial charge on any atom is 0.260 e. The van der Waals surface area contributed by atoms with Crippen LogP contribution in [0.2, 0.25) is 0 Å². The molecule has 0 aromatic carbocycles. The monoisotopic (exact) mass is 277 g/mol. The van der Waals surface area contributed by atoms with Gasteiger partial charge in [-0.15, -0.1) is 0 Å². The summed E-state index contributed by atoms with van der Waals surface area (Å²) in [5.41, 5.74) is 0.321. The lowest BCUT2D eigenvalue weighted by atomic mass is 10.4. The number of thioether (sulfide) groups is 1. The molecule has 1 aromatic heterocycles. The number of hydrogen-bond donors (Lipinski definition) is 2. The van der Waals surface area contributed by atoms with Crippen LogP contribution in [0.1, 0.15) is 12.0 Å². The maximum absolute atomic E-state index is 12.3. The van der Waals surface area contributed by atoms with E-state index in [9.17, 15) is 8.42 Å². The second-order valence-corrected chi connectivity index (χ2v) is 6.85. The molecule has 0 spiro atoms. The fourth-order valence-corrected chi connectivity index (χ4v) is 4.31. The molecule has 1 aliphatic rings. The van der Waals surface area contributed by atoms with Crippen molar-refractivity contribution in [1.29, 1.82) is 0 Å². The molecule has 1 fully saturated rings. The minimum Gasteiger partial charge on any atom is -0.392 e. The summed E-state index contributed by atoms with van der Waals surface area (Å²) in [6.45, 7) is 0.712. The second-order valence-electron chi connectivity index (χ2n) is 3.75. The lowest BCUT2D eigenvalue weighted by molar-refractivity contribution is 0.278. The smallest absolute Gasteiger partial charge is 0.260 e. The number of rotatable bonds is 3. The van der Waals surface area contributed by atoms with Crippen LogP contribution in [0.25, 0.3) is 0 Å². The highest BCUT2D eigenvalue weighted by Gasteiger charge is 2.28. The third-order valence-corrected chi connectivity index (χ3v) is 5.59. The molecule has 0 unspecified atom stereocenters. The number of aliphatic hydroxyl groups is 1. The number of aromatic amines is 1. The Balaban J connectivity index is 2.28. The summed E-state index contributed by atoms with van der Waals surface area (Å²) in [5, 5.41) is 15.2. The summed E-state index contributed by atoms with van der Waals surface area (Å²) >= 11 is 1.76. The molecule has 0 atom stereocenters. The quantitative estimate of drug-likeness (QED) is 0.814. The van der Waals surface area contributed by atoms with Gasteiger partial charge in [-0.1, -0.05) is 0 Å². The molecule has 2 N–H and O–H groups in total. The minimum atomic E-state index is -3.54. The first kappa shape index (κ1) is 12.9. The number of aliphatic hydroxyl groups excluding tert-OH is 1. The molecule has 2 heterocycles. The zero-order valence-corrected chi connectivity index (χ0v) is 10.9. The fourth-order valence-electron chi connectivity index (χ4n) is 1.73. The molecule has 0 radical (unpaired) electrons. The Morgan fingerprint density at radius 3 is 3.06 bits per heavy atom. The van der Waals surface area contributed by atoms with Crippen LogP contribution in [-0.2, 0) is 16.6 Å². The third kappa shape index (κ3) is 2.65. The number of nitrogens with zero attached hydrogens (tertiary/aromatic N) is 2. The summed E-state index contributed by atoms with van der Waals surface area (Å²) in [7, 11) is -3.54. The van der Waals surface area contributed by atoms with Crippen molar-refractivity contribution in [2.75, 3.05) is 24.6 Å². The molecule has 0 bridgehead atoms. The normalized spacial score (nSPS) is 19.1. The number of nitrogens with one attached hydrogen (secondary N) is 1. The van der Waals surface area contributed by atoms with Gasteiger partial charge in [-0.3, -0.25) is 5.10 Å². The van der Waals surface area contributed by atoms with Crippen molar-refractivity contribution in [2.24, 2.45) is 0 Å². The zero-order chi connectivity index (χ0) is 12.3. The molecule has 17 heavy (non-hydrogen) atoms. The van der Waals surface area contributed by atoms with E-state index in [1.807, 2.05) is 0 Å². The van der Waals surface area contributed by atoms with E-state index in [2.05, 4.69) is 10.2 Å². The molecule has 8 heteroatoms. The van der Waals surface area contributed by atoms with Crippen LogP contribution in [0.5, 0.6) is 0 Å². The van der Waals surface area contributed by atoms with E-state index in [1.165, 1.54) is 10.5 Å². The van der Waals surface area contributed by atoms with Gasteiger partial charge in [-0.25, -0.2) is 8.42 Å². The van der Waals surface area contributed by atoms with E-state index in [4.69, 9.17) is 5.11 Å². The van der Waals surface area contributed by atoms with Gasteiger partial charge in [-0.2, -0.15) is 21.2 Å². The van der Waals surface area contributed by atoms with Crippen molar-refractivity contribution in [1.82, 2.24) is 14.5 Å². The van der Waals surface area contributed by atoms with Gasteiger partial charge in [0.15, 0.2) is 5.03 Å². The predicted octanol–water partition coefficient (Wildman–Crippen LogP) is 0.0296. The zero-order valence-electron chi connectivity index (χ0n) is 9.29. The number of aromatic nitrogens is 2. The van der Waals surface area contributed by atoms with Gasteiger partial charge < -0.3 is 5.11 Å². The van der Waals surface area contributed by atoms with Crippen LogP contribution < -0.4 is 0 Å². The average molecular weight is 277 g/mol. The molecule has 0 saturated carbocycles. The fraction of sp³-hybridized carbons (Fsp3) is 0.667. The van der Waals surface area contributed by atoms with Gasteiger partial charge in [0.2, 0.25) is 0 Å². The molecule has 0 amide bonds. The van der Waals surface area contributed by atoms with E-state index >= 15 is 0 Å². The highest BCUT2D eigenvalue weighted by molar-refractivity contribution is 7.99. The van der Waals surface area contributed by atoms with Crippen LogP contribution in [0.3, 0.4) is 0 Å². The van der Waals surface area contributed by atoms with E-state index in [-0.39, 0.29) is 11.6 Å². The first-order chi connectivity index (χ1) is 8.16. The Bertz CT molecular complexity index is 464. The van der Waals surface area contributed by atoms with E-state index in [1.54, 1.807) is 11.8 Å². The number of H-pyrrole nitrogens is 1. The van der Waals surface area contributed by atoms with Crippen molar-refractivity contribution in [3.8, 4) is 0 Å². The topological polar surface area (TPSA) is 86.3 Å². The molecule has 0 aliphatic carbocycles. The Labute approximate surface area is 104 Å². The Hall–Kier alpha value is -0.570. The highest BCUT2D eigenvalue weighted by Crippen LogP contribution is 2.20. The Kier molecular flexibility index (Phi) is 4.08. The summed E-state index contributed by atoms with van der Waals surface area (Å²) in [5.74, 6) is 1.80. The summed E-state index contributed by atoms with van der Waals surface area (Å²) in [4.78, 5) is 0. The third-order valence-electron chi connectivity index (χ3n) is 2.63. The predicted molar refractivity (Wildman–Crippen MR) is 65.2 cm³/mol. The van der Waals surface area contributed by atoms with Gasteiger partial charge >= 0.3 is 0 Å². The van der Waals surface area contributed by atoms with Gasteiger partial charge in [0.25, 0.3) is 10.0 Å². The molecule has 1 aromatic rings. The largest absolute Gasteiger partial charge is 0.392 e. The number of hydrogen-bond acceptors (Lipinski definition) is 5. The van der Waals surface area contributed by atoms with Crippen molar-refractivity contribution < 1.29 is 13.5 Å². The lowest BCUT2D eigenvalue weighted by Crippen LogP contribution is -2.33. The van der Waals surface area contributed by atoms with Crippen molar-refractivity contribution in [3.05, 3.63) is 11.8 Å². The molecule has 6 nitrogen and oxygen atoms in total. The van der Waals surface area contributed by atoms with Crippen molar-refractivity contribution in [3.63, 3.8) is 0 Å². The molecular weight excluding hydrogens is 262 g/mol. The second kappa shape index (κ2) is 5.38. The van der Waals surface area contributed by atoms with E-state index < -0.39 is 10.0 Å². The first-order valence-corrected chi connectivity index (χ1v) is 7.96. The summed E-state index contributed by atoms with van der Waals surface area (Å²) < 4.78 is 26.1. The van der Waals surface area contributed by atoms with E-state index in [0.717, 1.165) is 17.9 Å². The summed E-state index contributed by atoms with van der Waals surface area (Å²) in [6.07, 6.45) is 2.20. The molecular formula is C9H15N3O3S2. The van der Waals surface area contributed by atoms with Crippen LogP contribution >= 0.6 is 11.8 Å². The molecule has 1 aliphatic heterocycles. The highest BCUT2D eigenvalue weighted by atomic mass is 32.2. The maximum atomic E-state index is 12.3. The van der Waals surface area contributed by atoms with Gasteiger partial charge in [0.05, 0.1) is 12.8 Å². The van der Waals surface area contributed by atoms with Gasteiger partial charge in [-0.05, 0) is 12.2 Å². The van der Waals surface area contributed by atoms with Crippen LogP contribution in [0.15, 0.2) is 11.2 Å². The molecule has 96 valence electrons. The van der Waals surface area contributed by atoms with Crippen LogP contribution in [0.4, 0.5) is 0 Å². The number of sulfonamides is 1. The van der Waals surface area contributed by atoms with Gasteiger partial charge in [0, 0.05) is 24.4 Å². The minimum absolute atomic E-state index is 0.0203. The lowest BCUT2D eigenvalue weighted by Gasteiger charge is -2.18.